The van der Waals surface area contributed by atoms with Crippen LogP contribution in [0.5, 0.6) is 0 Å². The molecule has 1 aliphatic rings. The van der Waals surface area contributed by atoms with E-state index in [4.69, 9.17) is 6.57 Å². The fourth-order valence-electron chi connectivity index (χ4n) is 1.85. The molecule has 1 fully saturated rings. The zero-order chi connectivity index (χ0) is 7.40. The molecule has 0 aliphatic heterocycles. The summed E-state index contributed by atoms with van der Waals surface area (Å²) in [6.07, 6.45) is 5.32. The highest BCUT2D eigenvalue weighted by Gasteiger charge is 2.20. The first-order valence-electron chi connectivity index (χ1n) is 4.16. The number of hydrogen-bond donors (Lipinski definition) is 0. The van der Waals surface area contributed by atoms with E-state index >= 15 is 0 Å². The van der Waals surface area contributed by atoms with Crippen molar-refractivity contribution in [3.63, 3.8) is 0 Å². The predicted octanol–water partition coefficient (Wildman–Crippen LogP) is 2.73. The van der Waals surface area contributed by atoms with Gasteiger partial charge >= 0.3 is 0 Å². The summed E-state index contributed by atoms with van der Waals surface area (Å²) in [5.74, 6) is 1.60. The lowest BCUT2D eigenvalue weighted by Crippen LogP contribution is -2.14. The molecule has 0 radical (unpaired) electrons. The highest BCUT2D eigenvalue weighted by Crippen LogP contribution is 2.28. The Balaban J connectivity index is 2.27. The molecule has 0 saturated heterocycles. The van der Waals surface area contributed by atoms with Crippen LogP contribution < -0.4 is 0 Å². The van der Waals surface area contributed by atoms with E-state index in [1.807, 2.05) is 0 Å². The van der Waals surface area contributed by atoms with E-state index in [0.717, 1.165) is 18.4 Å². The van der Waals surface area contributed by atoms with E-state index in [0.29, 0.717) is 0 Å². The fourth-order valence-corrected chi connectivity index (χ4v) is 1.85. The van der Waals surface area contributed by atoms with E-state index < -0.39 is 0 Å². The summed E-state index contributed by atoms with van der Waals surface area (Å²) in [6, 6.07) is 0. The van der Waals surface area contributed by atoms with E-state index in [1.54, 1.807) is 0 Å². The predicted molar refractivity (Wildman–Crippen MR) is 42.6 cm³/mol. The summed E-state index contributed by atoms with van der Waals surface area (Å²) >= 11 is 0. The zero-order valence-electron chi connectivity index (χ0n) is 6.64. The maximum atomic E-state index is 6.73. The number of hydrogen-bond acceptors (Lipinski definition) is 0. The molecule has 0 aromatic carbocycles. The maximum Gasteiger partial charge on any atom is 0.217 e. The molecule has 56 valence electrons. The van der Waals surface area contributed by atoms with Gasteiger partial charge < -0.3 is 4.85 Å². The van der Waals surface area contributed by atoms with Crippen molar-refractivity contribution in [3.8, 4) is 0 Å². The highest BCUT2D eigenvalue weighted by atomic mass is 14.6. The van der Waals surface area contributed by atoms with Crippen molar-refractivity contribution in [1.29, 1.82) is 0 Å². The molecule has 1 saturated carbocycles. The zero-order valence-corrected chi connectivity index (χ0v) is 6.64. The second-order valence-electron chi connectivity index (χ2n) is 3.48. The third kappa shape index (κ3) is 2.02. The molecule has 0 bridgehead atoms. The quantitative estimate of drug-likeness (QED) is 0.489. The summed E-state index contributed by atoms with van der Waals surface area (Å²) in [7, 11) is 0. The van der Waals surface area contributed by atoms with Crippen LogP contribution in [0, 0.1) is 18.4 Å². The minimum Gasteiger partial charge on any atom is -0.317 e. The van der Waals surface area contributed by atoms with Crippen LogP contribution in [0.25, 0.3) is 4.85 Å². The van der Waals surface area contributed by atoms with Gasteiger partial charge in [0, 0.05) is 5.92 Å². The highest BCUT2D eigenvalue weighted by molar-refractivity contribution is 4.76. The van der Waals surface area contributed by atoms with Crippen LogP contribution >= 0.6 is 0 Å². The van der Waals surface area contributed by atoms with Crippen molar-refractivity contribution >= 4 is 0 Å². The lowest BCUT2D eigenvalue weighted by molar-refractivity contribution is 0.297. The van der Waals surface area contributed by atoms with Gasteiger partial charge in [-0.25, -0.2) is 6.57 Å². The number of rotatable bonds is 1. The van der Waals surface area contributed by atoms with Crippen molar-refractivity contribution < 1.29 is 0 Å². The van der Waals surface area contributed by atoms with Gasteiger partial charge in [0.05, 0.1) is 0 Å². The minimum absolute atomic E-state index is 0.723. The molecule has 0 aromatic heterocycles. The molecule has 0 amide bonds. The Labute approximate surface area is 63.3 Å². The minimum atomic E-state index is 0.723. The van der Waals surface area contributed by atoms with E-state index in [2.05, 4.69) is 11.8 Å². The first kappa shape index (κ1) is 7.60. The van der Waals surface area contributed by atoms with Gasteiger partial charge in [-0.05, 0) is 18.8 Å². The molecule has 0 spiro atoms. The van der Waals surface area contributed by atoms with Crippen LogP contribution in [0.1, 0.15) is 32.6 Å². The summed E-state index contributed by atoms with van der Waals surface area (Å²) in [5, 5.41) is 0. The molecule has 1 nitrogen and oxygen atoms in total. The Morgan fingerprint density at radius 1 is 1.50 bits per heavy atom. The summed E-state index contributed by atoms with van der Waals surface area (Å²) < 4.78 is 0. The third-order valence-corrected chi connectivity index (χ3v) is 2.39. The van der Waals surface area contributed by atoms with E-state index in [9.17, 15) is 0 Å². The molecule has 0 N–H and O–H groups in total. The van der Waals surface area contributed by atoms with Crippen LogP contribution in [-0.4, -0.2) is 6.54 Å². The first-order valence-corrected chi connectivity index (χ1v) is 4.16. The first-order chi connectivity index (χ1) is 4.83. The summed E-state index contributed by atoms with van der Waals surface area (Å²) in [5.41, 5.74) is 0. The molecule has 0 aromatic rings. The molecule has 1 heteroatoms. The molecular formula is C9H15N. The Kier molecular flexibility index (Phi) is 2.74. The van der Waals surface area contributed by atoms with Gasteiger partial charge in [0.2, 0.25) is 6.54 Å². The van der Waals surface area contributed by atoms with Gasteiger partial charge in [-0.15, -0.1) is 0 Å². The van der Waals surface area contributed by atoms with Gasteiger partial charge in [-0.2, -0.15) is 0 Å². The van der Waals surface area contributed by atoms with Crippen molar-refractivity contribution in [2.75, 3.05) is 6.54 Å². The van der Waals surface area contributed by atoms with Crippen molar-refractivity contribution in [2.45, 2.75) is 32.6 Å². The van der Waals surface area contributed by atoms with Crippen LogP contribution in [0.2, 0.25) is 0 Å². The monoisotopic (exact) mass is 137 g/mol. The Morgan fingerprint density at radius 2 is 2.30 bits per heavy atom. The van der Waals surface area contributed by atoms with Gasteiger partial charge in [0.15, 0.2) is 0 Å². The maximum absolute atomic E-state index is 6.73. The van der Waals surface area contributed by atoms with Gasteiger partial charge in [0.25, 0.3) is 0 Å². The Bertz CT molecular complexity index is 134. The average Bonchev–Trinajstić information content (AvgIpc) is 1.88. The average molecular weight is 137 g/mol. The smallest absolute Gasteiger partial charge is 0.217 e. The van der Waals surface area contributed by atoms with Crippen molar-refractivity contribution in [3.05, 3.63) is 11.4 Å². The van der Waals surface area contributed by atoms with E-state index in [-0.39, 0.29) is 0 Å². The molecule has 2 atom stereocenters. The lowest BCUT2D eigenvalue weighted by Gasteiger charge is -2.22. The molecule has 10 heavy (non-hydrogen) atoms. The topological polar surface area (TPSA) is 4.36 Å². The van der Waals surface area contributed by atoms with Crippen LogP contribution in [-0.2, 0) is 0 Å². The van der Waals surface area contributed by atoms with Crippen LogP contribution in [0.3, 0.4) is 0 Å². The van der Waals surface area contributed by atoms with Gasteiger partial charge in [-0.1, -0.05) is 19.8 Å². The van der Waals surface area contributed by atoms with E-state index in [1.165, 1.54) is 25.7 Å². The molecule has 1 rings (SSSR count). The Morgan fingerprint density at radius 3 is 2.90 bits per heavy atom. The Hall–Kier alpha value is -0.510. The largest absolute Gasteiger partial charge is 0.317 e. The summed E-state index contributed by atoms with van der Waals surface area (Å²) in [4.78, 5) is 3.44. The molecule has 1 aliphatic carbocycles. The second kappa shape index (κ2) is 3.61. The normalized spacial score (nSPS) is 33.2. The fraction of sp³-hybridized carbons (Fsp3) is 0.889. The third-order valence-electron chi connectivity index (χ3n) is 2.39. The lowest BCUT2D eigenvalue weighted by atomic mass is 9.83. The van der Waals surface area contributed by atoms with Crippen LogP contribution in [0.15, 0.2) is 0 Å². The number of nitrogens with zero attached hydrogens (tertiary/aromatic N) is 1. The molecule has 2 unspecified atom stereocenters. The molecule has 0 heterocycles. The van der Waals surface area contributed by atoms with Gasteiger partial charge in [0.1, 0.15) is 0 Å². The van der Waals surface area contributed by atoms with Gasteiger partial charge in [-0.3, -0.25) is 0 Å². The van der Waals surface area contributed by atoms with Crippen LogP contribution in [0.4, 0.5) is 0 Å². The van der Waals surface area contributed by atoms with Crippen molar-refractivity contribution in [2.24, 2.45) is 11.8 Å². The summed E-state index contributed by atoms with van der Waals surface area (Å²) in [6.45, 7) is 9.80. The SMILES string of the molecule is [C-]#[N+]CC1CCCC(C)C1. The standard InChI is InChI=1S/C9H15N/c1-8-4-3-5-9(6-8)7-10-2/h8-9H,3-7H2,1H3. The molecular weight excluding hydrogens is 122 g/mol. The second-order valence-corrected chi connectivity index (χ2v) is 3.48. The van der Waals surface area contributed by atoms with Crippen molar-refractivity contribution in [1.82, 2.24) is 0 Å².